The SMILES string of the molecule is Cc1ccccc1COc1c(C(N)=O)sc(C)c1C. The molecule has 0 spiro atoms. The number of rotatable bonds is 4. The number of primary amides is 1. The monoisotopic (exact) mass is 275 g/mol. The third-order valence-electron chi connectivity index (χ3n) is 3.19. The Labute approximate surface area is 117 Å². The van der Waals surface area contributed by atoms with Gasteiger partial charge in [-0.15, -0.1) is 11.3 Å². The predicted molar refractivity (Wildman–Crippen MR) is 77.8 cm³/mol. The zero-order valence-corrected chi connectivity index (χ0v) is 12.1. The van der Waals surface area contributed by atoms with Gasteiger partial charge in [0.2, 0.25) is 0 Å². The molecule has 2 N–H and O–H groups in total. The van der Waals surface area contributed by atoms with Crippen LogP contribution in [0.25, 0.3) is 0 Å². The van der Waals surface area contributed by atoms with Gasteiger partial charge in [0.25, 0.3) is 5.91 Å². The second-order valence-corrected chi connectivity index (χ2v) is 5.75. The van der Waals surface area contributed by atoms with Crippen LogP contribution in [-0.4, -0.2) is 5.91 Å². The molecule has 0 unspecified atom stereocenters. The van der Waals surface area contributed by atoms with Gasteiger partial charge in [0.05, 0.1) is 0 Å². The molecule has 0 atom stereocenters. The van der Waals surface area contributed by atoms with E-state index < -0.39 is 5.91 Å². The molecule has 0 aliphatic carbocycles. The van der Waals surface area contributed by atoms with E-state index in [0.717, 1.165) is 16.0 Å². The number of carbonyl (C=O) groups excluding carboxylic acids is 1. The first-order valence-electron chi connectivity index (χ1n) is 6.07. The van der Waals surface area contributed by atoms with Crippen LogP contribution < -0.4 is 10.5 Å². The third kappa shape index (κ3) is 2.79. The number of carbonyl (C=O) groups is 1. The summed E-state index contributed by atoms with van der Waals surface area (Å²) in [6.07, 6.45) is 0. The number of amides is 1. The second kappa shape index (κ2) is 5.45. The molecule has 0 fully saturated rings. The van der Waals surface area contributed by atoms with Crippen molar-refractivity contribution in [2.45, 2.75) is 27.4 Å². The molecule has 3 nitrogen and oxygen atoms in total. The molecule has 0 radical (unpaired) electrons. The fourth-order valence-electron chi connectivity index (χ4n) is 1.86. The maximum atomic E-state index is 11.4. The summed E-state index contributed by atoms with van der Waals surface area (Å²) in [5, 5.41) is 0. The van der Waals surface area contributed by atoms with Gasteiger partial charge < -0.3 is 10.5 Å². The van der Waals surface area contributed by atoms with E-state index in [1.165, 1.54) is 16.9 Å². The van der Waals surface area contributed by atoms with Crippen molar-refractivity contribution in [3.8, 4) is 5.75 Å². The van der Waals surface area contributed by atoms with Crippen molar-refractivity contribution in [1.82, 2.24) is 0 Å². The Kier molecular flexibility index (Phi) is 3.90. The molecule has 4 heteroatoms. The van der Waals surface area contributed by atoms with Gasteiger partial charge in [-0.3, -0.25) is 4.79 Å². The van der Waals surface area contributed by atoms with E-state index in [2.05, 4.69) is 0 Å². The van der Waals surface area contributed by atoms with Crippen molar-refractivity contribution in [2.75, 3.05) is 0 Å². The van der Waals surface area contributed by atoms with Gasteiger partial charge in [0, 0.05) is 10.4 Å². The van der Waals surface area contributed by atoms with Crippen LogP contribution in [0, 0.1) is 20.8 Å². The Bertz CT molecular complexity index is 617. The summed E-state index contributed by atoms with van der Waals surface area (Å²) < 4.78 is 5.83. The summed E-state index contributed by atoms with van der Waals surface area (Å²) in [5.74, 6) is 0.194. The zero-order chi connectivity index (χ0) is 14.0. The average Bonchev–Trinajstić information content (AvgIpc) is 2.65. The van der Waals surface area contributed by atoms with Crippen LogP contribution >= 0.6 is 11.3 Å². The molecule has 2 aromatic rings. The Balaban J connectivity index is 2.25. The molecule has 0 saturated heterocycles. The normalized spacial score (nSPS) is 10.5. The van der Waals surface area contributed by atoms with Crippen LogP contribution in [-0.2, 0) is 6.61 Å². The number of thiophene rings is 1. The van der Waals surface area contributed by atoms with Crippen molar-refractivity contribution in [1.29, 1.82) is 0 Å². The van der Waals surface area contributed by atoms with Crippen molar-refractivity contribution >= 4 is 17.2 Å². The van der Waals surface area contributed by atoms with Gasteiger partial charge in [-0.1, -0.05) is 24.3 Å². The summed E-state index contributed by atoms with van der Waals surface area (Å²) in [4.78, 5) is 13.0. The van der Waals surface area contributed by atoms with Gasteiger partial charge >= 0.3 is 0 Å². The van der Waals surface area contributed by atoms with E-state index in [0.29, 0.717) is 17.2 Å². The van der Waals surface area contributed by atoms with E-state index in [4.69, 9.17) is 10.5 Å². The number of hydrogen-bond donors (Lipinski definition) is 1. The summed E-state index contributed by atoms with van der Waals surface area (Å²) in [6.45, 7) is 6.40. The highest BCUT2D eigenvalue weighted by Crippen LogP contribution is 2.34. The van der Waals surface area contributed by atoms with Crippen LogP contribution in [0.15, 0.2) is 24.3 Å². The molecule has 0 saturated carbocycles. The van der Waals surface area contributed by atoms with E-state index in [1.54, 1.807) is 0 Å². The maximum absolute atomic E-state index is 11.4. The van der Waals surface area contributed by atoms with Crippen LogP contribution in [0.1, 0.15) is 31.2 Å². The summed E-state index contributed by atoms with van der Waals surface area (Å²) in [7, 11) is 0. The molecule has 2 rings (SSSR count). The molecule has 1 aromatic carbocycles. The molecule has 1 heterocycles. The van der Waals surface area contributed by atoms with Crippen molar-refractivity contribution in [3.63, 3.8) is 0 Å². The molecule has 1 aromatic heterocycles. The third-order valence-corrected chi connectivity index (χ3v) is 4.39. The first-order valence-corrected chi connectivity index (χ1v) is 6.89. The molecular formula is C15H17NO2S. The maximum Gasteiger partial charge on any atom is 0.262 e. The highest BCUT2D eigenvalue weighted by molar-refractivity contribution is 7.14. The number of hydrogen-bond acceptors (Lipinski definition) is 3. The summed E-state index contributed by atoms with van der Waals surface area (Å²) in [6, 6.07) is 8.04. The van der Waals surface area contributed by atoms with Crippen LogP contribution in [0.4, 0.5) is 0 Å². The fraction of sp³-hybridized carbons (Fsp3) is 0.267. The lowest BCUT2D eigenvalue weighted by Gasteiger charge is -2.09. The Morgan fingerprint density at radius 1 is 1.26 bits per heavy atom. The highest BCUT2D eigenvalue weighted by atomic mass is 32.1. The molecule has 19 heavy (non-hydrogen) atoms. The quantitative estimate of drug-likeness (QED) is 0.930. The van der Waals surface area contributed by atoms with Crippen LogP contribution in [0.5, 0.6) is 5.75 Å². The largest absolute Gasteiger partial charge is 0.487 e. The molecule has 0 aliphatic rings. The van der Waals surface area contributed by atoms with Gasteiger partial charge in [-0.2, -0.15) is 0 Å². The van der Waals surface area contributed by atoms with Gasteiger partial charge in [-0.05, 0) is 31.9 Å². The fourth-order valence-corrected chi connectivity index (χ4v) is 2.82. The number of ether oxygens (including phenoxy) is 1. The lowest BCUT2D eigenvalue weighted by atomic mass is 10.1. The van der Waals surface area contributed by atoms with Crippen LogP contribution in [0.3, 0.4) is 0 Å². The summed E-state index contributed by atoms with van der Waals surface area (Å²) in [5.41, 5.74) is 8.67. The number of benzene rings is 1. The molecule has 100 valence electrons. The molecule has 0 bridgehead atoms. The lowest BCUT2D eigenvalue weighted by molar-refractivity contribution is 0.1000. The van der Waals surface area contributed by atoms with Gasteiger partial charge in [-0.25, -0.2) is 0 Å². The minimum absolute atomic E-state index is 0.430. The van der Waals surface area contributed by atoms with Crippen molar-refractivity contribution < 1.29 is 9.53 Å². The number of nitrogens with two attached hydrogens (primary N) is 1. The van der Waals surface area contributed by atoms with Crippen LogP contribution in [0.2, 0.25) is 0 Å². The Hall–Kier alpha value is -1.81. The average molecular weight is 275 g/mol. The minimum atomic E-state index is -0.430. The first kappa shape index (κ1) is 13.6. The minimum Gasteiger partial charge on any atom is -0.487 e. The molecular weight excluding hydrogens is 258 g/mol. The van der Waals surface area contributed by atoms with Gasteiger partial charge in [0.1, 0.15) is 17.2 Å². The smallest absolute Gasteiger partial charge is 0.262 e. The van der Waals surface area contributed by atoms with Crippen molar-refractivity contribution in [3.05, 3.63) is 50.7 Å². The van der Waals surface area contributed by atoms with E-state index >= 15 is 0 Å². The molecule has 1 amide bonds. The Morgan fingerprint density at radius 3 is 2.58 bits per heavy atom. The van der Waals surface area contributed by atoms with Gasteiger partial charge in [0.15, 0.2) is 0 Å². The topological polar surface area (TPSA) is 52.3 Å². The summed E-state index contributed by atoms with van der Waals surface area (Å²) >= 11 is 1.39. The van der Waals surface area contributed by atoms with E-state index in [1.807, 2.05) is 45.0 Å². The Morgan fingerprint density at radius 2 is 1.95 bits per heavy atom. The standard InChI is InChI=1S/C15H17NO2S/c1-9-6-4-5-7-12(9)8-18-13-10(2)11(3)19-14(13)15(16)17/h4-7H,8H2,1-3H3,(H2,16,17). The zero-order valence-electron chi connectivity index (χ0n) is 11.3. The number of aryl methyl sites for hydroxylation is 2. The predicted octanol–water partition coefficient (Wildman–Crippen LogP) is 3.35. The van der Waals surface area contributed by atoms with E-state index in [9.17, 15) is 4.79 Å². The van der Waals surface area contributed by atoms with E-state index in [-0.39, 0.29) is 0 Å². The highest BCUT2D eigenvalue weighted by Gasteiger charge is 2.18. The second-order valence-electron chi connectivity index (χ2n) is 4.52. The first-order chi connectivity index (χ1) is 9.00. The molecule has 0 aliphatic heterocycles. The van der Waals surface area contributed by atoms with Crippen molar-refractivity contribution in [2.24, 2.45) is 5.73 Å². The lowest BCUT2D eigenvalue weighted by Crippen LogP contribution is -2.11.